The third kappa shape index (κ3) is 4.13. The van der Waals surface area contributed by atoms with Crippen LogP contribution in [0.3, 0.4) is 0 Å². The molecule has 1 saturated heterocycles. The molecule has 0 amide bonds. The molecule has 10 heteroatoms. The van der Waals surface area contributed by atoms with E-state index in [2.05, 4.69) is 14.7 Å². The van der Waals surface area contributed by atoms with Crippen molar-refractivity contribution in [2.75, 3.05) is 19.6 Å². The quantitative estimate of drug-likeness (QED) is 0.731. The third-order valence-electron chi connectivity index (χ3n) is 3.39. The number of nitrogens with two attached hydrogens (primary N) is 1. The first-order valence-corrected chi connectivity index (χ1v) is 8.77. The molecular weight excluding hydrogens is 334 g/mol. The number of rotatable bonds is 5. The van der Waals surface area contributed by atoms with Crippen molar-refractivity contribution < 1.29 is 8.42 Å². The third-order valence-corrected chi connectivity index (χ3v) is 5.54. The zero-order chi connectivity index (χ0) is 15.6. The van der Waals surface area contributed by atoms with Gasteiger partial charge in [0.05, 0.1) is 16.2 Å². The van der Waals surface area contributed by atoms with Gasteiger partial charge in [0.2, 0.25) is 0 Å². The highest BCUT2D eigenvalue weighted by molar-refractivity contribution is 7.89. The molecule has 1 aromatic rings. The zero-order valence-corrected chi connectivity index (χ0v) is 14.0. The van der Waals surface area contributed by atoms with Crippen molar-refractivity contribution in [2.45, 2.75) is 23.9 Å². The van der Waals surface area contributed by atoms with E-state index in [9.17, 15) is 8.42 Å². The van der Waals surface area contributed by atoms with Gasteiger partial charge in [-0.3, -0.25) is 9.58 Å². The summed E-state index contributed by atoms with van der Waals surface area (Å²) in [7, 11) is -2.12. The van der Waals surface area contributed by atoms with Gasteiger partial charge in [-0.25, -0.2) is 13.1 Å². The van der Waals surface area contributed by atoms with Crippen molar-refractivity contribution in [3.05, 3.63) is 11.2 Å². The second-order valence-electron chi connectivity index (χ2n) is 5.06. The Bertz CT molecular complexity index is 603. The molecule has 1 fully saturated rings. The number of aryl methyl sites for hydroxylation is 1. The number of aromatic nitrogens is 2. The molecule has 0 saturated carbocycles. The van der Waals surface area contributed by atoms with Crippen LogP contribution in [-0.2, 0) is 17.1 Å². The monoisotopic (exact) mass is 351 g/mol. The zero-order valence-electron chi connectivity index (χ0n) is 11.6. The SMILES string of the molecule is Cn1ncc(Cl)c1S(=O)(=O)NC1CCN(CC(N)=S)CC1. The van der Waals surface area contributed by atoms with E-state index in [1.807, 2.05) is 0 Å². The smallest absolute Gasteiger partial charge is 0.259 e. The van der Waals surface area contributed by atoms with E-state index in [1.54, 1.807) is 7.05 Å². The van der Waals surface area contributed by atoms with Crippen LogP contribution < -0.4 is 10.5 Å². The van der Waals surface area contributed by atoms with Crippen LogP contribution in [0.4, 0.5) is 0 Å². The summed E-state index contributed by atoms with van der Waals surface area (Å²) in [6.07, 6.45) is 2.73. The van der Waals surface area contributed by atoms with Crippen molar-refractivity contribution in [1.82, 2.24) is 19.4 Å². The lowest BCUT2D eigenvalue weighted by atomic mass is 10.1. The predicted molar refractivity (Wildman–Crippen MR) is 84.8 cm³/mol. The maximum absolute atomic E-state index is 12.4. The largest absolute Gasteiger partial charge is 0.392 e. The molecule has 21 heavy (non-hydrogen) atoms. The van der Waals surface area contributed by atoms with Gasteiger partial charge >= 0.3 is 0 Å². The maximum Gasteiger partial charge on any atom is 0.259 e. The van der Waals surface area contributed by atoms with Crippen molar-refractivity contribution in [1.29, 1.82) is 0 Å². The van der Waals surface area contributed by atoms with Crippen LogP contribution in [0.25, 0.3) is 0 Å². The van der Waals surface area contributed by atoms with Gasteiger partial charge < -0.3 is 5.73 Å². The topological polar surface area (TPSA) is 93.2 Å². The predicted octanol–water partition coefficient (Wildman–Crippen LogP) is 0.102. The van der Waals surface area contributed by atoms with Crippen LogP contribution in [0.1, 0.15) is 12.8 Å². The first-order valence-electron chi connectivity index (χ1n) is 6.50. The Labute approximate surface area is 134 Å². The Morgan fingerprint density at radius 3 is 2.67 bits per heavy atom. The van der Waals surface area contributed by atoms with Crippen LogP contribution >= 0.6 is 23.8 Å². The molecule has 0 radical (unpaired) electrons. The maximum atomic E-state index is 12.4. The van der Waals surface area contributed by atoms with Crippen LogP contribution in [0.15, 0.2) is 11.2 Å². The van der Waals surface area contributed by atoms with Crippen molar-refractivity contribution in [3.8, 4) is 0 Å². The standard InChI is InChI=1S/C11H18ClN5O2S2/c1-16-11(9(12)6-14-16)21(18,19)15-8-2-4-17(5-3-8)7-10(13)20/h6,8,15H,2-5,7H2,1H3,(H2,13,20). The first kappa shape index (κ1) is 16.6. The summed E-state index contributed by atoms with van der Waals surface area (Å²) in [4.78, 5) is 2.57. The van der Waals surface area contributed by atoms with Crippen molar-refractivity contribution >= 4 is 38.8 Å². The molecule has 2 rings (SSSR count). The Morgan fingerprint density at radius 2 is 2.19 bits per heavy atom. The molecule has 0 spiro atoms. The Hall–Kier alpha value is -0.740. The van der Waals surface area contributed by atoms with Crippen LogP contribution in [-0.4, -0.2) is 53.8 Å². The van der Waals surface area contributed by atoms with Gasteiger partial charge in [0.1, 0.15) is 0 Å². The number of nitrogens with one attached hydrogen (secondary N) is 1. The van der Waals surface area contributed by atoms with Gasteiger partial charge in [-0.15, -0.1) is 0 Å². The number of thiocarbonyl (C=S) groups is 1. The summed E-state index contributed by atoms with van der Waals surface area (Å²) >= 11 is 10.8. The van der Waals surface area contributed by atoms with Crippen LogP contribution in [0.2, 0.25) is 5.02 Å². The fraction of sp³-hybridized carbons (Fsp3) is 0.636. The van der Waals surface area contributed by atoms with Gasteiger partial charge in [0.25, 0.3) is 10.0 Å². The average Bonchev–Trinajstić information content (AvgIpc) is 2.71. The first-order chi connectivity index (χ1) is 9.79. The van der Waals surface area contributed by atoms with Crippen molar-refractivity contribution in [3.63, 3.8) is 0 Å². The summed E-state index contributed by atoms with van der Waals surface area (Å²) in [5, 5.41) is 3.97. The summed E-state index contributed by atoms with van der Waals surface area (Å²) in [6, 6.07) is -0.122. The van der Waals surface area contributed by atoms with Crippen LogP contribution in [0.5, 0.6) is 0 Å². The van der Waals surface area contributed by atoms with E-state index < -0.39 is 10.0 Å². The number of hydrogen-bond donors (Lipinski definition) is 2. The van der Waals surface area contributed by atoms with E-state index in [4.69, 9.17) is 29.6 Å². The molecule has 3 N–H and O–H groups in total. The highest BCUT2D eigenvalue weighted by atomic mass is 35.5. The molecule has 1 aromatic heterocycles. The van der Waals surface area contributed by atoms with Crippen LogP contribution in [0, 0.1) is 0 Å². The fourth-order valence-corrected chi connectivity index (χ4v) is 4.55. The molecule has 2 heterocycles. The number of nitrogens with zero attached hydrogens (tertiary/aromatic N) is 3. The number of halogens is 1. The highest BCUT2D eigenvalue weighted by Crippen LogP contribution is 2.21. The minimum Gasteiger partial charge on any atom is -0.392 e. The lowest BCUT2D eigenvalue weighted by Gasteiger charge is -2.31. The molecule has 7 nitrogen and oxygen atoms in total. The van der Waals surface area contributed by atoms with Gasteiger partial charge in [-0.1, -0.05) is 23.8 Å². The molecule has 0 unspecified atom stereocenters. The van der Waals surface area contributed by atoms with Gasteiger partial charge in [-0.05, 0) is 12.8 Å². The summed E-state index contributed by atoms with van der Waals surface area (Å²) in [5.74, 6) is 0. The molecule has 118 valence electrons. The molecule has 0 bridgehead atoms. The van der Waals surface area contributed by atoms with E-state index >= 15 is 0 Å². The number of hydrogen-bond acceptors (Lipinski definition) is 5. The summed E-state index contributed by atoms with van der Waals surface area (Å²) < 4.78 is 28.6. The molecular formula is C11H18ClN5O2S2. The Kier molecular flexibility index (Phi) is 5.20. The lowest BCUT2D eigenvalue weighted by Crippen LogP contribution is -2.46. The summed E-state index contributed by atoms with van der Waals surface area (Å²) in [5.41, 5.74) is 5.51. The minimum atomic E-state index is -3.67. The highest BCUT2D eigenvalue weighted by Gasteiger charge is 2.28. The van der Waals surface area contributed by atoms with Gasteiger partial charge in [0.15, 0.2) is 5.03 Å². The van der Waals surface area contributed by atoms with E-state index in [0.717, 1.165) is 13.1 Å². The Balaban J connectivity index is 1.99. The van der Waals surface area contributed by atoms with E-state index in [1.165, 1.54) is 10.9 Å². The summed E-state index contributed by atoms with van der Waals surface area (Å²) in [6.45, 7) is 2.08. The minimum absolute atomic E-state index is 0.00488. The average molecular weight is 352 g/mol. The second kappa shape index (κ2) is 6.57. The normalized spacial score (nSPS) is 18.0. The van der Waals surface area contributed by atoms with E-state index in [-0.39, 0.29) is 16.1 Å². The molecule has 0 aromatic carbocycles. The lowest BCUT2D eigenvalue weighted by molar-refractivity contribution is 0.232. The fourth-order valence-electron chi connectivity index (χ4n) is 2.41. The van der Waals surface area contributed by atoms with Crippen molar-refractivity contribution in [2.24, 2.45) is 12.8 Å². The number of piperidine rings is 1. The molecule has 0 atom stereocenters. The number of likely N-dealkylation sites (tertiary alicyclic amines) is 1. The van der Waals surface area contributed by atoms with E-state index in [0.29, 0.717) is 24.4 Å². The van der Waals surface area contributed by atoms with Gasteiger partial charge in [0, 0.05) is 32.7 Å². The molecule has 1 aliphatic rings. The second-order valence-corrected chi connectivity index (χ2v) is 7.62. The molecule has 0 aliphatic carbocycles. The molecule has 1 aliphatic heterocycles. The Morgan fingerprint density at radius 1 is 1.57 bits per heavy atom. The van der Waals surface area contributed by atoms with Gasteiger partial charge in [-0.2, -0.15) is 5.10 Å². The number of sulfonamides is 1.